The Morgan fingerprint density at radius 2 is 1.79 bits per heavy atom. The minimum atomic E-state index is -1.02. The van der Waals surface area contributed by atoms with Gasteiger partial charge in [-0.25, -0.2) is 0 Å². The number of aliphatic carboxylic acids is 1. The van der Waals surface area contributed by atoms with Crippen LogP contribution in [0.3, 0.4) is 0 Å². The van der Waals surface area contributed by atoms with Crippen LogP contribution in [0, 0.1) is 10.7 Å². The van der Waals surface area contributed by atoms with Crippen molar-refractivity contribution in [2.75, 3.05) is 0 Å². The van der Waals surface area contributed by atoms with Gasteiger partial charge in [-0.15, -0.1) is 5.75 Å². The van der Waals surface area contributed by atoms with Gasteiger partial charge in [0.05, 0.1) is 3.57 Å². The number of ether oxygens (including phenoxy) is 1. The molecule has 5 nitrogen and oxygen atoms in total. The van der Waals surface area contributed by atoms with Crippen LogP contribution in [0.5, 0.6) is 17.2 Å². The molecule has 0 aliphatic heterocycles. The van der Waals surface area contributed by atoms with Crippen molar-refractivity contribution in [2.24, 2.45) is 5.73 Å². The number of nitrogens with two attached hydrogens (primary N) is 1. The zero-order valence-electron chi connectivity index (χ0n) is 12.6. The zero-order chi connectivity index (χ0) is 17.1. The van der Waals surface area contributed by atoms with Crippen LogP contribution in [-0.4, -0.2) is 17.1 Å². The van der Waals surface area contributed by atoms with E-state index in [9.17, 15) is 9.90 Å². The van der Waals surface area contributed by atoms with E-state index in [4.69, 9.17) is 15.6 Å². The molecule has 9 heteroatoms. The maximum absolute atomic E-state index is 11.1. The third-order valence-corrected chi connectivity index (χ3v) is 7.27. The van der Waals surface area contributed by atoms with Crippen molar-refractivity contribution in [2.45, 2.75) is 12.5 Å². The Morgan fingerprint density at radius 1 is 1.21 bits per heavy atom. The number of carboxylic acids is 1. The molecule has 0 amide bonds. The van der Waals surface area contributed by atoms with E-state index in [0.717, 1.165) is 16.3 Å². The predicted molar refractivity (Wildman–Crippen MR) is 110 cm³/mol. The Kier molecular flexibility index (Phi) is 9.57. The first kappa shape index (κ1) is 22.7. The molecular formula is C15H11I3NNaO4. The summed E-state index contributed by atoms with van der Waals surface area (Å²) >= 11 is 6.48. The molecule has 0 saturated carbocycles. The molecule has 0 heterocycles. The molecule has 1 atom stereocenters. The van der Waals surface area contributed by atoms with E-state index < -0.39 is 12.0 Å². The van der Waals surface area contributed by atoms with Crippen molar-refractivity contribution in [3.05, 3.63) is 46.6 Å². The number of hydrogen-bond acceptors (Lipinski definition) is 4. The number of halogens is 3. The Bertz CT molecular complexity index is 740. The molecule has 0 fully saturated rings. The van der Waals surface area contributed by atoms with Crippen LogP contribution in [0.4, 0.5) is 0 Å². The van der Waals surface area contributed by atoms with Crippen molar-refractivity contribution in [1.82, 2.24) is 0 Å². The first-order valence-electron chi connectivity index (χ1n) is 6.39. The van der Waals surface area contributed by atoms with Gasteiger partial charge < -0.3 is 20.7 Å². The molecule has 0 saturated heterocycles. The first-order valence-corrected chi connectivity index (χ1v) is 9.63. The van der Waals surface area contributed by atoms with Gasteiger partial charge in [-0.1, -0.05) is 12.1 Å². The zero-order valence-corrected chi connectivity index (χ0v) is 21.0. The van der Waals surface area contributed by atoms with E-state index >= 15 is 0 Å². The Morgan fingerprint density at radius 3 is 2.33 bits per heavy atom. The Labute approximate surface area is 202 Å². The molecular weight excluding hydrogens is 662 g/mol. The molecule has 0 aromatic heterocycles. The summed E-state index contributed by atoms with van der Waals surface area (Å²) < 4.78 is 8.51. The molecule has 2 rings (SSSR count). The average Bonchev–Trinajstić information content (AvgIpc) is 2.50. The number of rotatable bonds is 5. The summed E-state index contributed by atoms with van der Waals surface area (Å²) in [6.07, 6.45) is 0.257. The molecule has 0 radical (unpaired) electrons. The first-order chi connectivity index (χ1) is 10.8. The van der Waals surface area contributed by atoms with Crippen LogP contribution < -0.4 is 45.1 Å². The summed E-state index contributed by atoms with van der Waals surface area (Å²) in [6.45, 7) is 0. The van der Waals surface area contributed by atoms with E-state index in [1.165, 1.54) is 12.1 Å². The maximum Gasteiger partial charge on any atom is 1.00 e. The molecule has 0 unspecified atom stereocenters. The molecule has 0 bridgehead atoms. The van der Waals surface area contributed by atoms with Gasteiger partial charge in [0.2, 0.25) is 0 Å². The van der Waals surface area contributed by atoms with Crippen LogP contribution >= 0.6 is 67.8 Å². The van der Waals surface area contributed by atoms with Gasteiger partial charge in [0, 0.05) is 13.6 Å². The van der Waals surface area contributed by atoms with Crippen LogP contribution in [-0.2, 0) is 11.2 Å². The monoisotopic (exact) mass is 673 g/mol. The fourth-order valence-electron chi connectivity index (χ4n) is 1.81. The molecule has 122 valence electrons. The van der Waals surface area contributed by atoms with Gasteiger partial charge in [0.15, 0.2) is 0 Å². The molecule has 0 aliphatic carbocycles. The summed E-state index contributed by atoms with van der Waals surface area (Å²) in [5, 5.41) is 20.1. The number of benzene rings is 2. The summed E-state index contributed by atoms with van der Waals surface area (Å²) in [6, 6.07) is 7.03. The van der Waals surface area contributed by atoms with Crippen molar-refractivity contribution in [3.8, 4) is 17.2 Å². The van der Waals surface area contributed by atoms with E-state index in [1.54, 1.807) is 12.1 Å². The fourth-order valence-corrected chi connectivity index (χ4v) is 4.47. The molecule has 24 heavy (non-hydrogen) atoms. The molecule has 0 spiro atoms. The van der Waals surface area contributed by atoms with Gasteiger partial charge in [0.1, 0.15) is 17.5 Å². The number of carbonyl (C=O) groups is 1. The second-order valence-electron chi connectivity index (χ2n) is 4.69. The minimum Gasteiger partial charge on any atom is -0.872 e. The van der Waals surface area contributed by atoms with Gasteiger partial charge in [0.25, 0.3) is 0 Å². The largest absolute Gasteiger partial charge is 1.00 e. The third-order valence-electron chi connectivity index (χ3n) is 3.01. The van der Waals surface area contributed by atoms with Crippen molar-refractivity contribution in [1.29, 1.82) is 0 Å². The standard InChI is InChI=1S/C15H12I3NO4.Na/c16-10-6-12(23-8-3-1-7(20)2-4-8)14(18)13(17)9(10)5-11(19)15(21)22;/h1-4,6,11,20H,5,19H2,(H,21,22);/q;+1/p-1/t11-;/m1./s1. The summed E-state index contributed by atoms with van der Waals surface area (Å²) in [4.78, 5) is 11.0. The number of hydrogen-bond donors (Lipinski definition) is 2. The Balaban J connectivity index is 0.00000288. The predicted octanol–water partition coefficient (Wildman–Crippen LogP) is 0.325. The van der Waals surface area contributed by atoms with Crippen LogP contribution in [0.1, 0.15) is 5.56 Å². The van der Waals surface area contributed by atoms with Crippen molar-refractivity contribution in [3.63, 3.8) is 0 Å². The minimum absolute atomic E-state index is 0. The van der Waals surface area contributed by atoms with Crippen molar-refractivity contribution >= 4 is 73.7 Å². The Hall–Kier alpha value is 0.660. The van der Waals surface area contributed by atoms with Gasteiger partial charge in [-0.3, -0.25) is 4.79 Å². The van der Waals surface area contributed by atoms with Crippen LogP contribution in [0.15, 0.2) is 30.3 Å². The van der Waals surface area contributed by atoms with Crippen molar-refractivity contribution < 1.29 is 49.3 Å². The normalized spacial score (nSPS) is 11.5. The second kappa shape index (κ2) is 10.1. The number of carboxylic acid groups (broad SMARTS) is 1. The van der Waals surface area contributed by atoms with E-state index in [-0.39, 0.29) is 41.7 Å². The molecule has 3 N–H and O–H groups in total. The maximum atomic E-state index is 11.1. The topological polar surface area (TPSA) is 95.6 Å². The molecule has 2 aromatic rings. The molecule has 2 aromatic carbocycles. The average molecular weight is 673 g/mol. The second-order valence-corrected chi connectivity index (χ2v) is 8.01. The SMILES string of the molecule is N[C@H](Cc1c(I)cc(Oc2ccc([O-])cc2)c(I)c1I)C(=O)O.[Na+]. The summed E-state index contributed by atoms with van der Waals surface area (Å²) in [5.74, 6) is 0.133. The smallest absolute Gasteiger partial charge is 0.872 e. The summed E-state index contributed by atoms with van der Waals surface area (Å²) in [7, 11) is 0. The molecule has 0 aliphatic rings. The van der Waals surface area contributed by atoms with E-state index in [2.05, 4.69) is 67.8 Å². The van der Waals surface area contributed by atoms with Gasteiger partial charge in [-0.2, -0.15) is 0 Å². The summed E-state index contributed by atoms with van der Waals surface area (Å²) in [5.41, 5.74) is 6.54. The third kappa shape index (κ3) is 5.84. The van der Waals surface area contributed by atoms with Crippen LogP contribution in [0.2, 0.25) is 0 Å². The quantitative estimate of drug-likeness (QED) is 0.271. The van der Waals surface area contributed by atoms with Gasteiger partial charge >= 0.3 is 35.5 Å². The van der Waals surface area contributed by atoms with E-state index in [1.807, 2.05) is 6.07 Å². The fraction of sp³-hybridized carbons (Fsp3) is 0.133. The van der Waals surface area contributed by atoms with E-state index in [0.29, 0.717) is 11.5 Å². The van der Waals surface area contributed by atoms with Gasteiger partial charge in [-0.05, 0) is 91.5 Å². The van der Waals surface area contributed by atoms with Crippen LogP contribution in [0.25, 0.3) is 0 Å².